The lowest BCUT2D eigenvalue weighted by Crippen LogP contribution is -2.39. The van der Waals surface area contributed by atoms with Gasteiger partial charge in [-0.25, -0.2) is 0 Å². The number of nitrogens with one attached hydrogen (secondary N) is 1. The van der Waals surface area contributed by atoms with Crippen LogP contribution in [0.2, 0.25) is 5.02 Å². The maximum Gasteiger partial charge on any atom is 0.387 e. The van der Waals surface area contributed by atoms with E-state index in [9.17, 15) is 13.6 Å². The highest BCUT2D eigenvalue weighted by Gasteiger charge is 2.20. The molecule has 0 radical (unpaired) electrons. The predicted octanol–water partition coefficient (Wildman–Crippen LogP) is 4.72. The second-order valence-electron chi connectivity index (χ2n) is 6.40. The number of likely N-dealkylation sites (N-methyl/N-ethyl adjacent to an activating group) is 1. The Labute approximate surface area is 168 Å². The van der Waals surface area contributed by atoms with Gasteiger partial charge in [-0.2, -0.15) is 8.78 Å². The third-order valence-electron chi connectivity index (χ3n) is 4.37. The highest BCUT2D eigenvalue weighted by atomic mass is 35.5. The second kappa shape index (κ2) is 9.71. The van der Waals surface area contributed by atoms with Gasteiger partial charge in [0.1, 0.15) is 0 Å². The van der Waals surface area contributed by atoms with Crippen LogP contribution in [-0.2, 0) is 11.3 Å². The van der Waals surface area contributed by atoms with Crippen LogP contribution in [0.25, 0.3) is 0 Å². The third kappa shape index (κ3) is 5.81. The van der Waals surface area contributed by atoms with E-state index in [-0.39, 0.29) is 17.4 Å². The van der Waals surface area contributed by atoms with Crippen LogP contribution in [0.1, 0.15) is 18.1 Å². The smallest absolute Gasteiger partial charge is 0.387 e. The summed E-state index contributed by atoms with van der Waals surface area (Å²) in [7, 11) is 3.18. The van der Waals surface area contributed by atoms with Gasteiger partial charge < -0.3 is 14.8 Å². The van der Waals surface area contributed by atoms with Gasteiger partial charge >= 0.3 is 6.61 Å². The van der Waals surface area contributed by atoms with Crippen molar-refractivity contribution >= 4 is 23.2 Å². The molecule has 2 aromatic rings. The number of rotatable bonds is 8. The largest absolute Gasteiger partial charge is 0.493 e. The average molecular weight is 413 g/mol. The molecule has 28 heavy (non-hydrogen) atoms. The average Bonchev–Trinajstić information content (AvgIpc) is 2.64. The summed E-state index contributed by atoms with van der Waals surface area (Å²) < 4.78 is 34.4. The number of alkyl halides is 2. The van der Waals surface area contributed by atoms with Gasteiger partial charge in [0.2, 0.25) is 5.91 Å². The van der Waals surface area contributed by atoms with Gasteiger partial charge in [0, 0.05) is 17.3 Å². The van der Waals surface area contributed by atoms with Crippen LogP contribution in [0, 0.1) is 6.92 Å². The van der Waals surface area contributed by atoms with Crippen molar-refractivity contribution in [2.75, 3.05) is 19.5 Å². The Hall–Kier alpha value is -2.38. The first kappa shape index (κ1) is 21.9. The third-order valence-corrected chi connectivity index (χ3v) is 4.61. The molecule has 2 aromatic carbocycles. The Morgan fingerprint density at radius 1 is 1.21 bits per heavy atom. The number of methoxy groups -OCH3 is 1. The molecule has 1 atom stereocenters. The van der Waals surface area contributed by atoms with Gasteiger partial charge in [0.05, 0.1) is 13.2 Å². The number of hydrogen-bond donors (Lipinski definition) is 1. The lowest BCUT2D eigenvalue weighted by Gasteiger charge is -2.24. The minimum Gasteiger partial charge on any atom is -0.493 e. The summed E-state index contributed by atoms with van der Waals surface area (Å²) in [6, 6.07) is 9.55. The molecule has 0 heterocycles. The van der Waals surface area contributed by atoms with Crippen molar-refractivity contribution in [1.29, 1.82) is 0 Å². The van der Waals surface area contributed by atoms with Crippen molar-refractivity contribution in [2.24, 2.45) is 0 Å². The van der Waals surface area contributed by atoms with E-state index in [2.05, 4.69) is 10.1 Å². The van der Waals surface area contributed by atoms with E-state index < -0.39 is 12.7 Å². The van der Waals surface area contributed by atoms with Crippen LogP contribution in [0.4, 0.5) is 14.5 Å². The minimum atomic E-state index is -2.93. The van der Waals surface area contributed by atoms with E-state index in [0.717, 1.165) is 11.1 Å². The molecule has 0 bridgehead atoms. The lowest BCUT2D eigenvalue weighted by atomic mass is 10.1. The van der Waals surface area contributed by atoms with E-state index >= 15 is 0 Å². The van der Waals surface area contributed by atoms with Gasteiger partial charge in [-0.05, 0) is 56.3 Å². The first-order valence-electron chi connectivity index (χ1n) is 8.60. The van der Waals surface area contributed by atoms with Crippen LogP contribution in [0.3, 0.4) is 0 Å². The molecular weight excluding hydrogens is 390 g/mol. The van der Waals surface area contributed by atoms with Crippen molar-refractivity contribution in [1.82, 2.24) is 4.90 Å². The Morgan fingerprint density at radius 2 is 1.93 bits per heavy atom. The Balaban J connectivity index is 2.05. The number of aryl methyl sites for hydroxylation is 1. The van der Waals surface area contributed by atoms with E-state index in [0.29, 0.717) is 17.3 Å². The number of carbonyl (C=O) groups excluding carboxylic acids is 1. The summed E-state index contributed by atoms with van der Waals surface area (Å²) in [5.74, 6) is -0.0125. The van der Waals surface area contributed by atoms with E-state index in [1.165, 1.54) is 13.2 Å². The summed E-state index contributed by atoms with van der Waals surface area (Å²) in [6.07, 6.45) is 0. The van der Waals surface area contributed by atoms with Crippen LogP contribution in [0.15, 0.2) is 36.4 Å². The number of benzene rings is 2. The standard InChI is InChI=1S/C20H23ClF2N2O3/c1-12-5-7-15(21)10-16(12)24-19(26)13(2)25(3)11-14-6-8-17(28-20(22)23)18(9-14)27-4/h5-10,13,20H,11H2,1-4H3,(H,24,26)/t13-/m0/s1. The quantitative estimate of drug-likeness (QED) is 0.681. The zero-order valence-corrected chi connectivity index (χ0v) is 16.9. The normalized spacial score (nSPS) is 12.2. The Bertz CT molecular complexity index is 833. The van der Waals surface area contributed by atoms with Crippen molar-refractivity contribution in [3.05, 3.63) is 52.5 Å². The number of amides is 1. The van der Waals surface area contributed by atoms with Crippen molar-refractivity contribution in [3.63, 3.8) is 0 Å². The summed E-state index contributed by atoms with van der Waals surface area (Å²) in [5.41, 5.74) is 2.36. The molecule has 2 rings (SSSR count). The van der Waals surface area contributed by atoms with Crippen LogP contribution in [0.5, 0.6) is 11.5 Å². The van der Waals surface area contributed by atoms with Crippen molar-refractivity contribution in [2.45, 2.75) is 33.0 Å². The highest BCUT2D eigenvalue weighted by molar-refractivity contribution is 6.31. The summed E-state index contributed by atoms with van der Waals surface area (Å²) >= 11 is 5.99. The van der Waals surface area contributed by atoms with E-state index in [1.54, 1.807) is 38.2 Å². The molecule has 0 saturated heterocycles. The molecule has 0 aliphatic heterocycles. The van der Waals surface area contributed by atoms with Crippen molar-refractivity contribution in [3.8, 4) is 11.5 Å². The number of hydrogen-bond acceptors (Lipinski definition) is 4. The molecule has 0 aromatic heterocycles. The fraction of sp³-hybridized carbons (Fsp3) is 0.350. The molecule has 0 fully saturated rings. The van der Waals surface area contributed by atoms with Crippen molar-refractivity contribution < 1.29 is 23.0 Å². The fourth-order valence-corrected chi connectivity index (χ4v) is 2.77. The molecule has 1 N–H and O–H groups in total. The maximum absolute atomic E-state index is 12.6. The van der Waals surface area contributed by atoms with Crippen LogP contribution in [-0.4, -0.2) is 37.6 Å². The van der Waals surface area contributed by atoms with Gasteiger partial charge in [-0.1, -0.05) is 23.7 Å². The summed E-state index contributed by atoms with van der Waals surface area (Å²) in [4.78, 5) is 14.4. The summed E-state index contributed by atoms with van der Waals surface area (Å²) in [5, 5.41) is 3.42. The van der Waals surface area contributed by atoms with E-state index in [1.807, 2.05) is 17.9 Å². The fourth-order valence-electron chi connectivity index (χ4n) is 2.59. The topological polar surface area (TPSA) is 50.8 Å². The molecule has 0 aliphatic rings. The maximum atomic E-state index is 12.6. The Morgan fingerprint density at radius 3 is 2.57 bits per heavy atom. The molecule has 0 saturated carbocycles. The van der Waals surface area contributed by atoms with Gasteiger partial charge in [0.25, 0.3) is 0 Å². The summed E-state index contributed by atoms with van der Waals surface area (Å²) in [6.45, 7) is 1.14. The first-order chi connectivity index (χ1) is 13.2. The zero-order valence-electron chi connectivity index (χ0n) is 16.1. The minimum absolute atomic E-state index is 0.0360. The van der Waals surface area contributed by atoms with E-state index in [4.69, 9.17) is 16.3 Å². The molecular formula is C20H23ClF2N2O3. The predicted molar refractivity (Wildman–Crippen MR) is 105 cm³/mol. The number of ether oxygens (including phenoxy) is 2. The monoisotopic (exact) mass is 412 g/mol. The number of halogens is 3. The lowest BCUT2D eigenvalue weighted by molar-refractivity contribution is -0.120. The molecule has 8 heteroatoms. The highest BCUT2D eigenvalue weighted by Crippen LogP contribution is 2.30. The molecule has 1 amide bonds. The second-order valence-corrected chi connectivity index (χ2v) is 6.84. The molecule has 0 spiro atoms. The Kier molecular flexibility index (Phi) is 7.60. The zero-order chi connectivity index (χ0) is 20.8. The van der Waals surface area contributed by atoms with Crippen LogP contribution >= 0.6 is 11.6 Å². The van der Waals surface area contributed by atoms with Gasteiger partial charge in [0.15, 0.2) is 11.5 Å². The number of carbonyl (C=O) groups is 1. The molecule has 0 unspecified atom stereocenters. The first-order valence-corrected chi connectivity index (χ1v) is 8.98. The SMILES string of the molecule is COc1cc(CN(C)[C@@H](C)C(=O)Nc2cc(Cl)ccc2C)ccc1OC(F)F. The van der Waals surface area contributed by atoms with Gasteiger partial charge in [-0.15, -0.1) is 0 Å². The van der Waals surface area contributed by atoms with Gasteiger partial charge in [-0.3, -0.25) is 9.69 Å². The number of nitrogens with zero attached hydrogens (tertiary/aromatic N) is 1. The van der Waals surface area contributed by atoms with Crippen LogP contribution < -0.4 is 14.8 Å². The molecule has 5 nitrogen and oxygen atoms in total. The molecule has 0 aliphatic carbocycles. The molecule has 152 valence electrons. The number of anilines is 1.